The molecule has 0 aromatic heterocycles. The van der Waals surface area contributed by atoms with Crippen molar-refractivity contribution in [3.63, 3.8) is 0 Å². The van der Waals surface area contributed by atoms with Gasteiger partial charge in [-0.15, -0.1) is 0 Å². The van der Waals surface area contributed by atoms with Crippen molar-refractivity contribution in [1.29, 1.82) is 0 Å². The van der Waals surface area contributed by atoms with E-state index < -0.39 is 28.3 Å². The highest BCUT2D eigenvalue weighted by atomic mass is 32.2. The summed E-state index contributed by atoms with van der Waals surface area (Å²) in [5, 5.41) is 3.89. The predicted octanol–water partition coefficient (Wildman–Crippen LogP) is 3.50. The lowest BCUT2D eigenvalue weighted by Crippen LogP contribution is -2.39. The van der Waals surface area contributed by atoms with Gasteiger partial charge in [0.25, 0.3) is 15.9 Å². The summed E-state index contributed by atoms with van der Waals surface area (Å²) >= 11 is 0. The number of sulfonamides is 1. The number of carbonyl (C=O) groups excluding carboxylic acids is 1. The molecule has 0 aliphatic carbocycles. The van der Waals surface area contributed by atoms with Crippen molar-refractivity contribution in [2.45, 2.75) is 11.8 Å². The van der Waals surface area contributed by atoms with Crippen LogP contribution in [0.1, 0.15) is 11.1 Å². The van der Waals surface area contributed by atoms with Gasteiger partial charge in [-0.2, -0.15) is 5.10 Å². The summed E-state index contributed by atoms with van der Waals surface area (Å²) in [6, 6.07) is 16.3. The Hall–Kier alpha value is -3.92. The predicted molar refractivity (Wildman–Crippen MR) is 127 cm³/mol. The standard InChI is InChI=1S/C24H24FN3O5S/c1-17-4-6-18(7-5-17)15-26-27-24(29)16-28(20-10-8-19(25)9-11-20)34(30,31)21-12-13-22(32-2)23(14-21)33-3/h4-15H,16H2,1-3H3,(H,27,29)/b26-15-. The number of nitrogens with one attached hydrogen (secondary N) is 1. The van der Waals surface area contributed by atoms with Crippen molar-refractivity contribution in [3.8, 4) is 11.5 Å². The van der Waals surface area contributed by atoms with Crippen molar-refractivity contribution >= 4 is 27.8 Å². The van der Waals surface area contributed by atoms with Gasteiger partial charge in [-0.3, -0.25) is 9.10 Å². The summed E-state index contributed by atoms with van der Waals surface area (Å²) in [7, 11) is -1.43. The van der Waals surface area contributed by atoms with Crippen LogP contribution in [0.4, 0.5) is 10.1 Å². The van der Waals surface area contributed by atoms with Gasteiger partial charge in [0.2, 0.25) is 0 Å². The van der Waals surface area contributed by atoms with E-state index in [0.29, 0.717) is 5.75 Å². The average molecular weight is 486 g/mol. The highest BCUT2D eigenvalue weighted by Crippen LogP contribution is 2.32. The number of rotatable bonds is 9. The van der Waals surface area contributed by atoms with Gasteiger partial charge in [0, 0.05) is 6.07 Å². The Morgan fingerprint density at radius 2 is 1.65 bits per heavy atom. The van der Waals surface area contributed by atoms with Crippen LogP contribution in [0.3, 0.4) is 0 Å². The monoisotopic (exact) mass is 485 g/mol. The van der Waals surface area contributed by atoms with E-state index in [9.17, 15) is 17.6 Å². The van der Waals surface area contributed by atoms with E-state index in [1.165, 1.54) is 50.8 Å². The van der Waals surface area contributed by atoms with Crippen LogP contribution in [0.5, 0.6) is 11.5 Å². The first kappa shape index (κ1) is 24.7. The second-order valence-electron chi connectivity index (χ2n) is 7.21. The van der Waals surface area contributed by atoms with E-state index in [1.807, 2.05) is 31.2 Å². The molecule has 0 spiro atoms. The van der Waals surface area contributed by atoms with Crippen LogP contribution in [0.25, 0.3) is 0 Å². The zero-order valence-corrected chi connectivity index (χ0v) is 19.7. The smallest absolute Gasteiger partial charge is 0.264 e. The first-order valence-electron chi connectivity index (χ1n) is 10.1. The fourth-order valence-electron chi connectivity index (χ4n) is 3.02. The maximum absolute atomic E-state index is 13.5. The minimum absolute atomic E-state index is 0.105. The molecule has 0 saturated heterocycles. The van der Waals surface area contributed by atoms with Crippen molar-refractivity contribution in [3.05, 3.63) is 83.7 Å². The molecule has 0 heterocycles. The fraction of sp³-hybridized carbons (Fsp3) is 0.167. The topological polar surface area (TPSA) is 97.3 Å². The zero-order valence-electron chi connectivity index (χ0n) is 18.9. The SMILES string of the molecule is COc1ccc(S(=O)(=O)N(CC(=O)N/N=C\c2ccc(C)cc2)c2ccc(F)cc2)cc1OC. The molecule has 1 N–H and O–H groups in total. The van der Waals surface area contributed by atoms with E-state index in [1.54, 1.807) is 0 Å². The number of amides is 1. The van der Waals surface area contributed by atoms with Gasteiger partial charge < -0.3 is 9.47 Å². The van der Waals surface area contributed by atoms with Gasteiger partial charge in [0.1, 0.15) is 12.4 Å². The Balaban J connectivity index is 1.88. The lowest BCUT2D eigenvalue weighted by atomic mass is 10.2. The molecular formula is C24H24FN3O5S. The molecule has 8 nitrogen and oxygen atoms in total. The number of nitrogens with zero attached hydrogens (tertiary/aromatic N) is 2. The lowest BCUT2D eigenvalue weighted by Gasteiger charge is -2.24. The fourth-order valence-corrected chi connectivity index (χ4v) is 4.46. The molecule has 3 aromatic rings. The first-order chi connectivity index (χ1) is 16.2. The van der Waals surface area contributed by atoms with Crippen LogP contribution >= 0.6 is 0 Å². The number of ether oxygens (including phenoxy) is 2. The second kappa shape index (κ2) is 10.8. The number of anilines is 1. The summed E-state index contributed by atoms with van der Waals surface area (Å²) in [5.74, 6) is -0.677. The summed E-state index contributed by atoms with van der Waals surface area (Å²) in [5.41, 5.74) is 4.28. The molecule has 0 saturated carbocycles. The van der Waals surface area contributed by atoms with Gasteiger partial charge in [0.15, 0.2) is 11.5 Å². The van der Waals surface area contributed by atoms with Crippen LogP contribution < -0.4 is 19.2 Å². The number of carbonyl (C=O) groups is 1. The Labute approximate surface area is 197 Å². The number of methoxy groups -OCH3 is 2. The van der Waals surface area contributed by atoms with E-state index in [2.05, 4.69) is 10.5 Å². The quantitative estimate of drug-likeness (QED) is 0.370. The molecule has 0 unspecified atom stereocenters. The number of hydrogen-bond acceptors (Lipinski definition) is 6. The maximum atomic E-state index is 13.5. The molecule has 0 atom stereocenters. The largest absolute Gasteiger partial charge is 0.493 e. The average Bonchev–Trinajstić information content (AvgIpc) is 2.84. The Morgan fingerprint density at radius 1 is 1.00 bits per heavy atom. The number of halogens is 1. The van der Waals surface area contributed by atoms with Crippen molar-refractivity contribution in [1.82, 2.24) is 5.43 Å². The molecular weight excluding hydrogens is 461 g/mol. The van der Waals surface area contributed by atoms with Gasteiger partial charge in [-0.25, -0.2) is 18.2 Å². The van der Waals surface area contributed by atoms with Gasteiger partial charge in [0.05, 0.1) is 31.0 Å². The number of aryl methyl sites for hydroxylation is 1. The van der Waals surface area contributed by atoms with Crippen LogP contribution in [0, 0.1) is 12.7 Å². The molecule has 0 fully saturated rings. The minimum Gasteiger partial charge on any atom is -0.493 e. The molecule has 0 aliphatic heterocycles. The van der Waals surface area contributed by atoms with E-state index in [-0.39, 0.29) is 16.3 Å². The number of hydrazone groups is 1. The van der Waals surface area contributed by atoms with Gasteiger partial charge in [-0.1, -0.05) is 29.8 Å². The summed E-state index contributed by atoms with van der Waals surface area (Å²) in [4.78, 5) is 12.5. The van der Waals surface area contributed by atoms with Crippen molar-refractivity contribution in [2.75, 3.05) is 25.1 Å². The molecule has 3 rings (SSSR count). The minimum atomic E-state index is -4.24. The van der Waals surface area contributed by atoms with Crippen LogP contribution in [0.2, 0.25) is 0 Å². The highest BCUT2D eigenvalue weighted by Gasteiger charge is 2.28. The molecule has 10 heteroatoms. The molecule has 0 bridgehead atoms. The summed E-state index contributed by atoms with van der Waals surface area (Å²) < 4.78 is 51.6. The number of benzene rings is 3. The van der Waals surface area contributed by atoms with Crippen LogP contribution in [0.15, 0.2) is 76.7 Å². The first-order valence-corrected chi connectivity index (χ1v) is 11.6. The zero-order chi connectivity index (χ0) is 24.7. The molecule has 34 heavy (non-hydrogen) atoms. The normalized spacial score (nSPS) is 11.3. The second-order valence-corrected chi connectivity index (χ2v) is 9.07. The Kier molecular flexibility index (Phi) is 7.85. The lowest BCUT2D eigenvalue weighted by molar-refractivity contribution is -0.119. The third-order valence-corrected chi connectivity index (χ3v) is 6.59. The Bertz CT molecular complexity index is 1280. The maximum Gasteiger partial charge on any atom is 0.264 e. The van der Waals surface area contributed by atoms with Gasteiger partial charge >= 0.3 is 0 Å². The van der Waals surface area contributed by atoms with Crippen LogP contribution in [-0.4, -0.2) is 41.3 Å². The number of hydrogen-bond donors (Lipinski definition) is 1. The Morgan fingerprint density at radius 3 is 2.26 bits per heavy atom. The highest BCUT2D eigenvalue weighted by molar-refractivity contribution is 7.92. The molecule has 0 radical (unpaired) electrons. The third-order valence-electron chi connectivity index (χ3n) is 4.83. The molecule has 0 aliphatic rings. The van der Waals surface area contributed by atoms with Crippen molar-refractivity contribution in [2.24, 2.45) is 5.10 Å². The van der Waals surface area contributed by atoms with E-state index in [4.69, 9.17) is 9.47 Å². The molecule has 178 valence electrons. The van der Waals surface area contributed by atoms with E-state index in [0.717, 1.165) is 27.6 Å². The van der Waals surface area contributed by atoms with Gasteiger partial charge in [-0.05, 0) is 48.9 Å². The molecule has 3 aromatic carbocycles. The summed E-state index contributed by atoms with van der Waals surface area (Å²) in [6.45, 7) is 1.36. The van der Waals surface area contributed by atoms with Crippen molar-refractivity contribution < 1.29 is 27.1 Å². The van der Waals surface area contributed by atoms with Crippen LogP contribution in [-0.2, 0) is 14.8 Å². The summed E-state index contributed by atoms with van der Waals surface area (Å²) in [6.07, 6.45) is 1.45. The van der Waals surface area contributed by atoms with E-state index >= 15 is 0 Å². The third kappa shape index (κ3) is 5.90. The molecule has 1 amide bonds.